The first-order valence-electron chi connectivity index (χ1n) is 8.11. The molecule has 1 atom stereocenters. The van der Waals surface area contributed by atoms with E-state index in [1.165, 1.54) is 18.7 Å². The van der Waals surface area contributed by atoms with E-state index in [0.29, 0.717) is 17.3 Å². The summed E-state index contributed by atoms with van der Waals surface area (Å²) in [6.45, 7) is 8.88. The fourth-order valence-corrected chi connectivity index (χ4v) is 3.19. The zero-order chi connectivity index (χ0) is 17.9. The van der Waals surface area contributed by atoms with Crippen molar-refractivity contribution in [2.75, 3.05) is 31.9 Å². The van der Waals surface area contributed by atoms with E-state index in [0.717, 1.165) is 24.5 Å². The lowest BCUT2D eigenvalue weighted by Crippen LogP contribution is -2.49. The van der Waals surface area contributed by atoms with Crippen molar-refractivity contribution in [3.63, 3.8) is 0 Å². The maximum atomic E-state index is 12.3. The van der Waals surface area contributed by atoms with Gasteiger partial charge in [0.05, 0.1) is 0 Å². The molecule has 0 heterocycles. The number of carbonyl (C=O) groups is 2. The third-order valence-electron chi connectivity index (χ3n) is 3.55. The number of hydrogen-bond acceptors (Lipinski definition) is 4. The Morgan fingerprint density at radius 3 is 2.38 bits per heavy atom. The average Bonchev–Trinajstić information content (AvgIpc) is 2.56. The molecule has 5 nitrogen and oxygen atoms in total. The number of hydrogen-bond donors (Lipinski definition) is 2. The molecule has 0 fully saturated rings. The maximum absolute atomic E-state index is 12.3. The highest BCUT2D eigenvalue weighted by Gasteiger charge is 2.19. The molecule has 2 amide bonds. The van der Waals surface area contributed by atoms with Gasteiger partial charge in [0, 0.05) is 35.7 Å². The molecule has 0 radical (unpaired) electrons. The van der Waals surface area contributed by atoms with Gasteiger partial charge in [-0.25, -0.2) is 0 Å². The second kappa shape index (κ2) is 11.3. The van der Waals surface area contributed by atoms with E-state index in [1.54, 1.807) is 12.1 Å². The van der Waals surface area contributed by atoms with Gasteiger partial charge in [0.2, 0.25) is 11.8 Å². The summed E-state index contributed by atoms with van der Waals surface area (Å²) in [6.07, 6.45) is 0. The van der Waals surface area contributed by atoms with Crippen LogP contribution in [0.1, 0.15) is 20.8 Å². The standard InChI is InChI=1S/C17H26ClN3O2S/c1-4-21(5-2)11-10-19-17(23)16(20-13(3)22)12-24-15-8-6-14(18)7-9-15/h6-9,16H,4-5,10-12H2,1-3H3,(H,19,23)(H,20,22). The highest BCUT2D eigenvalue weighted by molar-refractivity contribution is 7.99. The van der Waals surface area contributed by atoms with E-state index < -0.39 is 6.04 Å². The molecule has 2 N–H and O–H groups in total. The number of rotatable bonds is 10. The number of likely N-dealkylation sites (N-methyl/N-ethyl adjacent to an activating group) is 1. The molecule has 1 rings (SSSR count). The number of thioether (sulfide) groups is 1. The van der Waals surface area contributed by atoms with E-state index in [-0.39, 0.29) is 11.8 Å². The molecule has 0 saturated carbocycles. The van der Waals surface area contributed by atoms with E-state index in [2.05, 4.69) is 29.4 Å². The normalized spacial score (nSPS) is 12.0. The van der Waals surface area contributed by atoms with Crippen LogP contribution in [0.4, 0.5) is 0 Å². The van der Waals surface area contributed by atoms with Crippen LogP contribution in [0.5, 0.6) is 0 Å². The minimum atomic E-state index is -0.556. The van der Waals surface area contributed by atoms with Gasteiger partial charge in [-0.2, -0.15) is 0 Å². The Balaban J connectivity index is 2.52. The molecule has 7 heteroatoms. The van der Waals surface area contributed by atoms with E-state index in [4.69, 9.17) is 11.6 Å². The van der Waals surface area contributed by atoms with Gasteiger partial charge in [0.25, 0.3) is 0 Å². The molecule has 24 heavy (non-hydrogen) atoms. The number of halogens is 1. The van der Waals surface area contributed by atoms with E-state index in [1.807, 2.05) is 12.1 Å². The van der Waals surface area contributed by atoms with Crippen LogP contribution in [0.2, 0.25) is 5.02 Å². The van der Waals surface area contributed by atoms with Gasteiger partial charge in [0.15, 0.2) is 0 Å². The number of nitrogens with one attached hydrogen (secondary N) is 2. The van der Waals surface area contributed by atoms with Crippen molar-refractivity contribution < 1.29 is 9.59 Å². The van der Waals surface area contributed by atoms with Crippen molar-refractivity contribution in [1.29, 1.82) is 0 Å². The first-order chi connectivity index (χ1) is 11.5. The molecule has 0 aromatic heterocycles. The lowest BCUT2D eigenvalue weighted by molar-refractivity contribution is -0.127. The molecule has 1 aromatic rings. The van der Waals surface area contributed by atoms with Crippen LogP contribution in [-0.4, -0.2) is 54.7 Å². The number of carbonyl (C=O) groups excluding carboxylic acids is 2. The Labute approximate surface area is 153 Å². The summed E-state index contributed by atoms with van der Waals surface area (Å²) < 4.78 is 0. The SMILES string of the molecule is CCN(CC)CCNC(=O)C(CSc1ccc(Cl)cc1)NC(C)=O. The topological polar surface area (TPSA) is 61.4 Å². The van der Waals surface area contributed by atoms with Gasteiger partial charge in [-0.1, -0.05) is 25.4 Å². The highest BCUT2D eigenvalue weighted by atomic mass is 35.5. The first kappa shape index (κ1) is 20.8. The van der Waals surface area contributed by atoms with E-state index in [9.17, 15) is 9.59 Å². The van der Waals surface area contributed by atoms with Crippen molar-refractivity contribution in [2.45, 2.75) is 31.7 Å². The lowest BCUT2D eigenvalue weighted by Gasteiger charge is -2.20. The third-order valence-corrected chi connectivity index (χ3v) is 4.90. The Kier molecular flexibility index (Phi) is 9.83. The summed E-state index contributed by atoms with van der Waals surface area (Å²) in [5.74, 6) is 0.104. The Bertz CT molecular complexity index is 521. The molecule has 0 aliphatic heterocycles. The Morgan fingerprint density at radius 2 is 1.83 bits per heavy atom. The summed E-state index contributed by atoms with van der Waals surface area (Å²) in [5, 5.41) is 6.29. The quantitative estimate of drug-likeness (QED) is 0.620. The van der Waals surface area contributed by atoms with Crippen molar-refractivity contribution >= 4 is 35.2 Å². The number of amides is 2. The van der Waals surface area contributed by atoms with Crippen LogP contribution < -0.4 is 10.6 Å². The molecular weight excluding hydrogens is 346 g/mol. The molecule has 1 aromatic carbocycles. The maximum Gasteiger partial charge on any atom is 0.243 e. The summed E-state index contributed by atoms with van der Waals surface area (Å²) in [4.78, 5) is 26.9. The van der Waals surface area contributed by atoms with Gasteiger partial charge in [-0.3, -0.25) is 9.59 Å². The molecular formula is C17H26ClN3O2S. The van der Waals surface area contributed by atoms with Crippen LogP contribution in [0, 0.1) is 0 Å². The summed E-state index contributed by atoms with van der Waals surface area (Å²) >= 11 is 7.38. The zero-order valence-corrected chi connectivity index (χ0v) is 16.0. The smallest absolute Gasteiger partial charge is 0.243 e. The number of benzene rings is 1. The molecule has 0 spiro atoms. The second-order valence-electron chi connectivity index (χ2n) is 5.34. The largest absolute Gasteiger partial charge is 0.353 e. The van der Waals surface area contributed by atoms with Crippen molar-refractivity contribution in [3.8, 4) is 0 Å². The van der Waals surface area contributed by atoms with Crippen LogP contribution in [0.15, 0.2) is 29.2 Å². The molecule has 0 bridgehead atoms. The van der Waals surface area contributed by atoms with Gasteiger partial charge >= 0.3 is 0 Å². The molecule has 0 saturated heterocycles. The molecule has 1 unspecified atom stereocenters. The van der Waals surface area contributed by atoms with E-state index >= 15 is 0 Å². The molecule has 134 valence electrons. The van der Waals surface area contributed by atoms with Gasteiger partial charge in [0.1, 0.15) is 6.04 Å². The lowest BCUT2D eigenvalue weighted by atomic mass is 10.3. The minimum Gasteiger partial charge on any atom is -0.353 e. The summed E-state index contributed by atoms with van der Waals surface area (Å²) in [7, 11) is 0. The van der Waals surface area contributed by atoms with Gasteiger partial charge in [-0.15, -0.1) is 11.8 Å². The average molecular weight is 372 g/mol. The van der Waals surface area contributed by atoms with Crippen molar-refractivity contribution in [1.82, 2.24) is 15.5 Å². The van der Waals surface area contributed by atoms with Crippen LogP contribution in [-0.2, 0) is 9.59 Å². The van der Waals surface area contributed by atoms with Crippen molar-refractivity contribution in [3.05, 3.63) is 29.3 Å². The van der Waals surface area contributed by atoms with Crippen molar-refractivity contribution in [2.24, 2.45) is 0 Å². The Morgan fingerprint density at radius 1 is 1.21 bits per heavy atom. The molecule has 0 aliphatic carbocycles. The zero-order valence-electron chi connectivity index (χ0n) is 14.5. The predicted molar refractivity (Wildman–Crippen MR) is 101 cm³/mol. The monoisotopic (exact) mass is 371 g/mol. The molecule has 0 aliphatic rings. The first-order valence-corrected chi connectivity index (χ1v) is 9.48. The fourth-order valence-electron chi connectivity index (χ4n) is 2.14. The Hall–Kier alpha value is -1.24. The van der Waals surface area contributed by atoms with Crippen LogP contribution in [0.25, 0.3) is 0 Å². The van der Waals surface area contributed by atoms with Crippen LogP contribution in [0.3, 0.4) is 0 Å². The minimum absolute atomic E-state index is 0.154. The fraction of sp³-hybridized carbons (Fsp3) is 0.529. The van der Waals surface area contributed by atoms with Gasteiger partial charge < -0.3 is 15.5 Å². The summed E-state index contributed by atoms with van der Waals surface area (Å²) in [5.41, 5.74) is 0. The summed E-state index contributed by atoms with van der Waals surface area (Å²) in [6, 6.07) is 6.86. The number of nitrogens with zero attached hydrogens (tertiary/aromatic N) is 1. The van der Waals surface area contributed by atoms with Crippen LogP contribution >= 0.6 is 23.4 Å². The predicted octanol–water partition coefficient (Wildman–Crippen LogP) is 2.39. The third kappa shape index (κ3) is 8.04. The van der Waals surface area contributed by atoms with Gasteiger partial charge in [-0.05, 0) is 37.4 Å². The second-order valence-corrected chi connectivity index (χ2v) is 6.87. The highest BCUT2D eigenvalue weighted by Crippen LogP contribution is 2.21.